The van der Waals surface area contributed by atoms with Crippen LogP contribution in [-0.4, -0.2) is 27.8 Å². The molecule has 4 nitrogen and oxygen atoms in total. The van der Waals surface area contributed by atoms with Crippen LogP contribution < -0.4 is 0 Å². The summed E-state index contributed by atoms with van der Waals surface area (Å²) >= 11 is 1.36. The van der Waals surface area contributed by atoms with E-state index in [1.54, 1.807) is 0 Å². The van der Waals surface area contributed by atoms with Crippen LogP contribution in [0.5, 0.6) is 0 Å². The first kappa shape index (κ1) is 13.9. The molecule has 0 N–H and O–H groups in total. The van der Waals surface area contributed by atoms with Gasteiger partial charge in [-0.3, -0.25) is 4.79 Å². The van der Waals surface area contributed by atoms with E-state index in [0.717, 1.165) is 23.7 Å². The van der Waals surface area contributed by atoms with Crippen molar-refractivity contribution >= 4 is 17.7 Å². The van der Waals surface area contributed by atoms with Crippen LogP contribution in [0.15, 0.2) is 11.2 Å². The average Bonchev–Trinajstić information content (AvgIpc) is 2.38. The molecule has 0 unspecified atom stereocenters. The number of nitrogens with zero attached hydrogens (tertiary/aromatic N) is 2. The van der Waals surface area contributed by atoms with E-state index in [-0.39, 0.29) is 17.5 Å². The summed E-state index contributed by atoms with van der Waals surface area (Å²) in [6, 6.07) is 1.92. The van der Waals surface area contributed by atoms with E-state index < -0.39 is 0 Å². The molecule has 1 aromatic rings. The van der Waals surface area contributed by atoms with Gasteiger partial charge in [-0.1, -0.05) is 18.7 Å². The van der Waals surface area contributed by atoms with Crippen molar-refractivity contribution in [1.82, 2.24) is 9.97 Å². The van der Waals surface area contributed by atoms with Gasteiger partial charge in [0.2, 0.25) is 0 Å². The van der Waals surface area contributed by atoms with Gasteiger partial charge in [-0.05, 0) is 45.1 Å². The highest BCUT2D eigenvalue weighted by Gasteiger charge is 2.59. The fourth-order valence-electron chi connectivity index (χ4n) is 3.24. The molecule has 0 amide bonds. The highest BCUT2D eigenvalue weighted by Crippen LogP contribution is 2.61. The maximum absolute atomic E-state index is 11.9. The largest absolute Gasteiger partial charge is 0.461 e. The van der Waals surface area contributed by atoms with Crippen LogP contribution in [0.4, 0.5) is 0 Å². The Kier molecular flexibility index (Phi) is 3.48. The summed E-state index contributed by atoms with van der Waals surface area (Å²) in [6.45, 7) is 6.11. The van der Waals surface area contributed by atoms with Gasteiger partial charge in [0.15, 0.2) is 5.16 Å². The molecule has 0 aliphatic heterocycles. The molecule has 0 bridgehead atoms. The molecule has 2 aliphatic rings. The van der Waals surface area contributed by atoms with Gasteiger partial charge in [0, 0.05) is 16.8 Å². The van der Waals surface area contributed by atoms with Crippen LogP contribution in [0.2, 0.25) is 0 Å². The van der Waals surface area contributed by atoms with Crippen molar-refractivity contribution in [2.45, 2.75) is 51.3 Å². The molecular formula is C15H20N2O2S. The van der Waals surface area contributed by atoms with Crippen molar-refractivity contribution < 1.29 is 9.53 Å². The van der Waals surface area contributed by atoms with Gasteiger partial charge in [0.25, 0.3) is 0 Å². The zero-order valence-electron chi connectivity index (χ0n) is 12.2. The van der Waals surface area contributed by atoms with Gasteiger partial charge in [-0.15, -0.1) is 0 Å². The Morgan fingerprint density at radius 2 is 2.15 bits per heavy atom. The van der Waals surface area contributed by atoms with Crippen LogP contribution >= 0.6 is 11.8 Å². The van der Waals surface area contributed by atoms with Crippen molar-refractivity contribution in [2.24, 2.45) is 11.3 Å². The maximum atomic E-state index is 11.9. The minimum Gasteiger partial charge on any atom is -0.461 e. The molecule has 5 heteroatoms. The average molecular weight is 292 g/mol. The van der Waals surface area contributed by atoms with Gasteiger partial charge in [-0.2, -0.15) is 0 Å². The predicted octanol–water partition coefficient (Wildman–Crippen LogP) is 2.92. The lowest BCUT2D eigenvalue weighted by atomic mass is 9.47. The van der Waals surface area contributed by atoms with Gasteiger partial charge in [0.05, 0.1) is 5.75 Å². The summed E-state index contributed by atoms with van der Waals surface area (Å²) in [4.78, 5) is 20.5. The second kappa shape index (κ2) is 5.02. The zero-order valence-corrected chi connectivity index (χ0v) is 13.0. The van der Waals surface area contributed by atoms with Crippen molar-refractivity contribution in [3.05, 3.63) is 17.5 Å². The molecule has 20 heavy (non-hydrogen) atoms. The Balaban J connectivity index is 1.50. The molecule has 1 heterocycles. The summed E-state index contributed by atoms with van der Waals surface area (Å²) in [5, 5.41) is 0.654. The van der Waals surface area contributed by atoms with E-state index in [4.69, 9.17) is 4.74 Å². The molecule has 3 atom stereocenters. The maximum Gasteiger partial charge on any atom is 0.316 e. The number of thioether (sulfide) groups is 1. The lowest BCUT2D eigenvalue weighted by Gasteiger charge is -2.61. The Morgan fingerprint density at radius 1 is 1.45 bits per heavy atom. The summed E-state index contributed by atoms with van der Waals surface area (Å²) in [6.07, 6.45) is 3.68. The molecule has 0 radical (unpaired) electrons. The molecule has 0 saturated heterocycles. The van der Waals surface area contributed by atoms with Crippen molar-refractivity contribution in [3.8, 4) is 0 Å². The van der Waals surface area contributed by atoms with Gasteiger partial charge >= 0.3 is 5.97 Å². The van der Waals surface area contributed by atoms with Crippen LogP contribution in [0.1, 0.15) is 37.6 Å². The first-order valence-electron chi connectivity index (χ1n) is 7.12. The highest BCUT2D eigenvalue weighted by atomic mass is 32.2. The lowest BCUT2D eigenvalue weighted by Crippen LogP contribution is -2.59. The van der Waals surface area contributed by atoms with E-state index in [1.165, 1.54) is 24.6 Å². The molecule has 2 aliphatic carbocycles. The van der Waals surface area contributed by atoms with Crippen molar-refractivity contribution in [3.63, 3.8) is 0 Å². The van der Waals surface area contributed by atoms with E-state index in [2.05, 4.69) is 16.9 Å². The number of ether oxygens (including phenoxy) is 1. The SMILES string of the molecule is Cc1cc(C)nc(SCC(=O)O[C@@H]2C[C@@H]3CC[C@]32C)n1. The lowest BCUT2D eigenvalue weighted by molar-refractivity contribution is -0.205. The number of carbonyl (C=O) groups excluding carboxylic acids is 1. The molecule has 2 saturated carbocycles. The molecule has 3 rings (SSSR count). The minimum absolute atomic E-state index is 0.134. The smallest absolute Gasteiger partial charge is 0.316 e. The molecule has 0 aromatic carbocycles. The Hall–Kier alpha value is -1.10. The molecule has 1 aromatic heterocycles. The number of aromatic nitrogens is 2. The van der Waals surface area contributed by atoms with Gasteiger partial charge in [-0.25, -0.2) is 9.97 Å². The third-order valence-corrected chi connectivity index (χ3v) is 5.57. The van der Waals surface area contributed by atoms with Gasteiger partial charge < -0.3 is 4.74 Å². The number of fused-ring (bicyclic) bond motifs is 1. The number of hydrogen-bond acceptors (Lipinski definition) is 5. The number of hydrogen-bond donors (Lipinski definition) is 0. The second-order valence-corrected chi connectivity index (χ2v) is 7.12. The fraction of sp³-hybridized carbons (Fsp3) is 0.667. The molecule has 108 valence electrons. The predicted molar refractivity (Wildman–Crippen MR) is 77.6 cm³/mol. The summed E-state index contributed by atoms with van der Waals surface area (Å²) in [5.74, 6) is 0.935. The normalized spacial score (nSPS) is 30.9. The summed E-state index contributed by atoms with van der Waals surface area (Å²) in [7, 11) is 0. The van der Waals surface area contributed by atoms with Crippen LogP contribution in [0.25, 0.3) is 0 Å². The quantitative estimate of drug-likeness (QED) is 0.485. The van der Waals surface area contributed by atoms with Crippen LogP contribution in [0.3, 0.4) is 0 Å². The minimum atomic E-state index is -0.144. The first-order valence-corrected chi connectivity index (χ1v) is 8.10. The van der Waals surface area contributed by atoms with Crippen molar-refractivity contribution in [1.29, 1.82) is 0 Å². The zero-order chi connectivity index (χ0) is 14.3. The van der Waals surface area contributed by atoms with E-state index in [1.807, 2.05) is 19.9 Å². The number of carbonyl (C=O) groups is 1. The number of rotatable bonds is 4. The Labute approximate surface area is 123 Å². The van der Waals surface area contributed by atoms with Crippen LogP contribution in [0, 0.1) is 25.2 Å². The highest BCUT2D eigenvalue weighted by molar-refractivity contribution is 7.99. The van der Waals surface area contributed by atoms with Crippen molar-refractivity contribution in [2.75, 3.05) is 5.75 Å². The summed E-state index contributed by atoms with van der Waals surface area (Å²) in [5.41, 5.74) is 2.13. The monoisotopic (exact) mass is 292 g/mol. The van der Waals surface area contributed by atoms with E-state index >= 15 is 0 Å². The van der Waals surface area contributed by atoms with Gasteiger partial charge in [0.1, 0.15) is 6.10 Å². The Morgan fingerprint density at radius 3 is 2.65 bits per heavy atom. The first-order chi connectivity index (χ1) is 9.47. The third kappa shape index (κ3) is 2.43. The van der Waals surface area contributed by atoms with Crippen LogP contribution in [-0.2, 0) is 9.53 Å². The molecule has 2 fully saturated rings. The van der Waals surface area contributed by atoms with E-state index in [0.29, 0.717) is 10.9 Å². The second-order valence-electron chi connectivity index (χ2n) is 6.18. The number of esters is 1. The molecular weight excluding hydrogens is 272 g/mol. The Bertz CT molecular complexity index is 528. The number of aryl methyl sites for hydroxylation is 2. The standard InChI is InChI=1S/C15H20N2O2S/c1-9-6-10(2)17-14(16-9)20-8-13(18)19-12-7-11-4-5-15(11,12)3/h6,11-12H,4-5,7-8H2,1-3H3/t11-,12+,15+/m0/s1. The van der Waals surface area contributed by atoms with E-state index in [9.17, 15) is 4.79 Å². The topological polar surface area (TPSA) is 52.1 Å². The summed E-state index contributed by atoms with van der Waals surface area (Å²) < 4.78 is 5.59. The third-order valence-electron chi connectivity index (χ3n) is 4.75. The fourth-order valence-corrected chi connectivity index (χ4v) is 3.97. The molecule has 0 spiro atoms.